The summed E-state index contributed by atoms with van der Waals surface area (Å²) in [6.45, 7) is 3.41. The third kappa shape index (κ3) is 5.06. The van der Waals surface area contributed by atoms with E-state index >= 15 is 0 Å². The van der Waals surface area contributed by atoms with Crippen LogP contribution in [0.3, 0.4) is 0 Å². The van der Waals surface area contributed by atoms with E-state index in [2.05, 4.69) is 0 Å². The summed E-state index contributed by atoms with van der Waals surface area (Å²) in [6, 6.07) is 9.91. The van der Waals surface area contributed by atoms with E-state index in [1.807, 2.05) is 11.5 Å². The van der Waals surface area contributed by atoms with Crippen LogP contribution in [0.25, 0.3) is 0 Å². The number of aromatic nitrogens is 1. The highest BCUT2D eigenvalue weighted by atomic mass is 19.1. The quantitative estimate of drug-likeness (QED) is 0.199. The summed E-state index contributed by atoms with van der Waals surface area (Å²) in [5.41, 5.74) is 1.76. The topological polar surface area (TPSA) is 110 Å². The van der Waals surface area contributed by atoms with E-state index in [-0.39, 0.29) is 22.9 Å². The lowest BCUT2D eigenvalue weighted by Crippen LogP contribution is -2.16. The Morgan fingerprint density at radius 3 is 2.21 bits per heavy atom. The van der Waals surface area contributed by atoms with Crippen LogP contribution < -0.4 is 9.47 Å². The number of benzene rings is 2. The van der Waals surface area contributed by atoms with Gasteiger partial charge in [-0.2, -0.15) is 0 Å². The molecule has 0 amide bonds. The van der Waals surface area contributed by atoms with E-state index in [4.69, 9.17) is 14.2 Å². The number of esters is 1. The number of methoxy groups -OCH3 is 2. The Morgan fingerprint density at radius 2 is 1.62 bits per heavy atom. The number of carbonyl (C=O) groups excluding carboxylic acids is 2. The van der Waals surface area contributed by atoms with Gasteiger partial charge >= 0.3 is 5.97 Å². The Kier molecular flexibility index (Phi) is 7.30. The number of hydrogen-bond acceptors (Lipinski definition) is 7. The molecule has 0 atom stereocenters. The van der Waals surface area contributed by atoms with E-state index in [9.17, 15) is 24.1 Å². The van der Waals surface area contributed by atoms with E-state index in [1.54, 1.807) is 25.1 Å². The minimum atomic E-state index is -1.04. The number of ether oxygens (including phenoxy) is 3. The fourth-order valence-corrected chi connectivity index (χ4v) is 3.57. The number of aryl methyl sites for hydroxylation is 1. The second-order valence-corrected chi connectivity index (χ2v) is 7.48. The molecule has 0 radical (unpaired) electrons. The molecule has 3 rings (SSSR count). The van der Waals surface area contributed by atoms with Crippen molar-refractivity contribution in [3.8, 4) is 11.5 Å². The zero-order valence-electron chi connectivity index (χ0n) is 19.1. The first-order chi connectivity index (χ1) is 16.2. The highest BCUT2D eigenvalue weighted by molar-refractivity contribution is 6.01. The molecular formula is C24H23FN2O7. The van der Waals surface area contributed by atoms with Crippen LogP contribution in [-0.2, 0) is 11.3 Å². The molecule has 3 aromatic rings. The largest absolute Gasteiger partial charge is 0.493 e. The normalized spacial score (nSPS) is 10.6. The summed E-state index contributed by atoms with van der Waals surface area (Å²) in [7, 11) is 2.63. The molecule has 0 spiro atoms. The van der Waals surface area contributed by atoms with Crippen LogP contribution >= 0.6 is 0 Å². The van der Waals surface area contributed by atoms with Crippen LogP contribution in [0.5, 0.6) is 11.5 Å². The molecule has 1 heterocycles. The highest BCUT2D eigenvalue weighted by Crippen LogP contribution is 2.34. The Bertz CT molecular complexity index is 1250. The second-order valence-electron chi connectivity index (χ2n) is 7.48. The zero-order chi connectivity index (χ0) is 25.0. The molecule has 0 saturated heterocycles. The van der Waals surface area contributed by atoms with Gasteiger partial charge in [0.2, 0.25) is 5.78 Å². The molecular weight excluding hydrogens is 447 g/mol. The lowest BCUT2D eigenvalue weighted by atomic mass is 10.1. The van der Waals surface area contributed by atoms with Gasteiger partial charge in [0.05, 0.1) is 25.2 Å². The predicted octanol–water partition coefficient (Wildman–Crippen LogP) is 4.26. The van der Waals surface area contributed by atoms with Gasteiger partial charge in [-0.15, -0.1) is 0 Å². The number of rotatable bonds is 9. The molecule has 0 saturated carbocycles. The molecule has 34 heavy (non-hydrogen) atoms. The highest BCUT2D eigenvalue weighted by Gasteiger charge is 2.27. The van der Waals surface area contributed by atoms with E-state index < -0.39 is 29.0 Å². The van der Waals surface area contributed by atoms with E-state index in [0.717, 1.165) is 23.4 Å². The number of halogens is 1. The fourth-order valence-electron chi connectivity index (χ4n) is 3.57. The smallest absolute Gasteiger partial charge is 0.345 e. The average molecular weight is 470 g/mol. The molecule has 2 aromatic carbocycles. The first-order valence-electron chi connectivity index (χ1n) is 10.2. The number of nitro benzene ring substituents is 1. The van der Waals surface area contributed by atoms with Gasteiger partial charge in [0.25, 0.3) is 5.69 Å². The summed E-state index contributed by atoms with van der Waals surface area (Å²) in [6.07, 6.45) is 0. The number of carbonyl (C=O) groups is 2. The lowest BCUT2D eigenvalue weighted by Gasteiger charge is -2.11. The predicted molar refractivity (Wildman–Crippen MR) is 120 cm³/mol. The van der Waals surface area contributed by atoms with Gasteiger partial charge < -0.3 is 18.8 Å². The molecule has 0 unspecified atom stereocenters. The van der Waals surface area contributed by atoms with Crippen molar-refractivity contribution in [1.82, 2.24) is 4.57 Å². The number of nitrogens with zero attached hydrogens (tertiary/aromatic N) is 2. The van der Waals surface area contributed by atoms with Crippen LogP contribution in [0.2, 0.25) is 0 Å². The Balaban J connectivity index is 1.78. The maximum absolute atomic E-state index is 13.2. The van der Waals surface area contributed by atoms with Gasteiger partial charge in [0, 0.05) is 29.6 Å². The molecule has 0 aliphatic rings. The van der Waals surface area contributed by atoms with Crippen molar-refractivity contribution in [2.45, 2.75) is 20.4 Å². The monoisotopic (exact) mass is 470 g/mol. The first kappa shape index (κ1) is 24.4. The fraction of sp³-hybridized carbons (Fsp3) is 0.250. The van der Waals surface area contributed by atoms with Gasteiger partial charge in [0.1, 0.15) is 11.4 Å². The standard InChI is InChI=1S/C24H23FN2O7/c1-14-9-18(15(2)26(14)12-16-5-7-17(25)8-6-16)21(28)13-34-24(29)19-10-22(32-3)23(33-4)11-20(19)27(30)31/h5-11H,12-13H2,1-4H3. The molecule has 9 nitrogen and oxygen atoms in total. The number of ketones is 1. The Morgan fingerprint density at radius 1 is 1.00 bits per heavy atom. The van der Waals surface area contributed by atoms with Crippen LogP contribution in [0.15, 0.2) is 42.5 Å². The Hall–Kier alpha value is -4.21. The molecule has 10 heteroatoms. The number of Topliss-reactive ketones (excluding diaryl/α,β-unsaturated/α-hetero) is 1. The van der Waals surface area contributed by atoms with Crippen molar-refractivity contribution in [3.05, 3.63) is 86.5 Å². The van der Waals surface area contributed by atoms with Crippen LogP contribution in [0.1, 0.15) is 37.7 Å². The summed E-state index contributed by atoms with van der Waals surface area (Å²) in [4.78, 5) is 36.0. The molecule has 0 bridgehead atoms. The third-order valence-electron chi connectivity index (χ3n) is 5.38. The minimum Gasteiger partial charge on any atom is -0.493 e. The van der Waals surface area contributed by atoms with Crippen molar-refractivity contribution in [1.29, 1.82) is 0 Å². The molecule has 178 valence electrons. The van der Waals surface area contributed by atoms with E-state index in [0.29, 0.717) is 17.8 Å². The van der Waals surface area contributed by atoms with Crippen LogP contribution in [0.4, 0.5) is 10.1 Å². The molecule has 0 aliphatic carbocycles. The van der Waals surface area contributed by atoms with Gasteiger partial charge in [-0.25, -0.2) is 9.18 Å². The van der Waals surface area contributed by atoms with Crippen molar-refractivity contribution < 1.29 is 33.1 Å². The Labute approximate surface area is 194 Å². The van der Waals surface area contributed by atoms with Crippen LogP contribution in [-0.4, -0.2) is 42.1 Å². The third-order valence-corrected chi connectivity index (χ3v) is 5.38. The molecule has 0 aliphatic heterocycles. The summed E-state index contributed by atoms with van der Waals surface area (Å²) < 4.78 is 30.3. The van der Waals surface area contributed by atoms with E-state index in [1.165, 1.54) is 26.4 Å². The van der Waals surface area contributed by atoms with Gasteiger partial charge in [-0.1, -0.05) is 12.1 Å². The van der Waals surface area contributed by atoms with Gasteiger partial charge in [-0.05, 0) is 37.6 Å². The lowest BCUT2D eigenvalue weighted by molar-refractivity contribution is -0.385. The van der Waals surface area contributed by atoms with Crippen molar-refractivity contribution in [3.63, 3.8) is 0 Å². The average Bonchev–Trinajstić information content (AvgIpc) is 3.10. The second kappa shape index (κ2) is 10.2. The summed E-state index contributed by atoms with van der Waals surface area (Å²) in [5, 5.41) is 11.4. The molecule has 1 aromatic heterocycles. The van der Waals surface area contributed by atoms with Gasteiger partial charge in [0.15, 0.2) is 18.1 Å². The maximum atomic E-state index is 13.2. The molecule has 0 N–H and O–H groups in total. The molecule has 0 fully saturated rings. The van der Waals surface area contributed by atoms with Crippen molar-refractivity contribution in [2.75, 3.05) is 20.8 Å². The summed E-state index contributed by atoms with van der Waals surface area (Å²) in [5.74, 6) is -1.65. The summed E-state index contributed by atoms with van der Waals surface area (Å²) >= 11 is 0. The number of nitro groups is 1. The van der Waals surface area contributed by atoms with Crippen molar-refractivity contribution in [2.24, 2.45) is 0 Å². The number of hydrogen-bond donors (Lipinski definition) is 0. The maximum Gasteiger partial charge on any atom is 0.345 e. The minimum absolute atomic E-state index is 0.0791. The zero-order valence-corrected chi connectivity index (χ0v) is 19.1. The van der Waals surface area contributed by atoms with Gasteiger partial charge in [-0.3, -0.25) is 14.9 Å². The first-order valence-corrected chi connectivity index (χ1v) is 10.2. The van der Waals surface area contributed by atoms with Crippen LogP contribution in [0, 0.1) is 29.8 Å². The van der Waals surface area contributed by atoms with Crippen molar-refractivity contribution >= 4 is 17.4 Å². The SMILES string of the molecule is COc1cc(C(=O)OCC(=O)c2cc(C)n(Cc3ccc(F)cc3)c2C)c([N+](=O)[O-])cc1OC.